The highest BCUT2D eigenvalue weighted by Crippen LogP contribution is 2.33. The molecule has 0 saturated heterocycles. The maximum atomic E-state index is 12.1. The van der Waals surface area contributed by atoms with Crippen LogP contribution >= 0.6 is 15.9 Å². The minimum Gasteiger partial charge on any atom is -0.491 e. The Bertz CT molecular complexity index is 1200. The molecule has 9 nitrogen and oxygen atoms in total. The zero-order chi connectivity index (χ0) is 25.2. The second-order valence-electron chi connectivity index (χ2n) is 7.66. The molecule has 0 fully saturated rings. The molecule has 35 heavy (non-hydrogen) atoms. The van der Waals surface area contributed by atoms with Crippen molar-refractivity contribution < 1.29 is 19.1 Å². The third-order valence-corrected chi connectivity index (χ3v) is 5.41. The Morgan fingerprint density at radius 1 is 1.23 bits per heavy atom. The second kappa shape index (κ2) is 12.8. The van der Waals surface area contributed by atoms with E-state index in [0.29, 0.717) is 54.3 Å². The van der Waals surface area contributed by atoms with E-state index < -0.39 is 0 Å². The summed E-state index contributed by atoms with van der Waals surface area (Å²) in [5.74, 6) is 0.454. The Morgan fingerprint density at radius 3 is 2.80 bits per heavy atom. The lowest BCUT2D eigenvalue weighted by Gasteiger charge is -2.17. The third kappa shape index (κ3) is 7.76. The topological polar surface area (TPSA) is 106 Å². The number of hydrogen-bond acceptors (Lipinski definition) is 8. The molecule has 0 unspecified atom stereocenters. The number of nitrogens with one attached hydrogen (secondary N) is 2. The van der Waals surface area contributed by atoms with Gasteiger partial charge in [0.05, 0.1) is 31.0 Å². The summed E-state index contributed by atoms with van der Waals surface area (Å²) in [5.41, 5.74) is 1.99. The van der Waals surface area contributed by atoms with E-state index >= 15 is 0 Å². The maximum absolute atomic E-state index is 12.1. The largest absolute Gasteiger partial charge is 0.491 e. The zero-order valence-corrected chi connectivity index (χ0v) is 21.3. The van der Waals surface area contributed by atoms with E-state index in [9.17, 15) is 9.59 Å². The summed E-state index contributed by atoms with van der Waals surface area (Å²) >= 11 is 3.47. The van der Waals surface area contributed by atoms with E-state index in [1.54, 1.807) is 19.1 Å². The predicted molar refractivity (Wildman–Crippen MR) is 140 cm³/mol. The molecular weight excluding hydrogens is 514 g/mol. The van der Waals surface area contributed by atoms with Crippen molar-refractivity contribution in [3.05, 3.63) is 59.9 Å². The van der Waals surface area contributed by atoms with Crippen LogP contribution in [0.3, 0.4) is 0 Å². The van der Waals surface area contributed by atoms with Crippen LogP contribution in [0.2, 0.25) is 0 Å². The number of benzene rings is 2. The molecular formula is C25H28BrN5O4. The first kappa shape index (κ1) is 26.1. The summed E-state index contributed by atoms with van der Waals surface area (Å²) in [6.45, 7) is 6.91. The fourth-order valence-corrected chi connectivity index (χ4v) is 3.71. The van der Waals surface area contributed by atoms with E-state index in [0.717, 1.165) is 10.2 Å². The zero-order valence-electron chi connectivity index (χ0n) is 19.7. The summed E-state index contributed by atoms with van der Waals surface area (Å²) in [5, 5.41) is 6.81. The Hall–Kier alpha value is -3.50. The Kier molecular flexibility index (Phi) is 9.56. The quantitative estimate of drug-likeness (QED) is 0.196. The van der Waals surface area contributed by atoms with Crippen LogP contribution in [-0.4, -0.2) is 60.1 Å². The van der Waals surface area contributed by atoms with Crippen molar-refractivity contribution in [1.29, 1.82) is 0 Å². The first-order valence-electron chi connectivity index (χ1n) is 11.1. The Balaban J connectivity index is 1.77. The molecule has 3 rings (SSSR count). The van der Waals surface area contributed by atoms with Gasteiger partial charge in [-0.1, -0.05) is 28.6 Å². The van der Waals surface area contributed by atoms with Gasteiger partial charge in [-0.05, 0) is 50.7 Å². The molecule has 0 atom stereocenters. The monoisotopic (exact) mass is 541 g/mol. The molecule has 10 heteroatoms. The summed E-state index contributed by atoms with van der Waals surface area (Å²) < 4.78 is 11.9. The van der Waals surface area contributed by atoms with Crippen molar-refractivity contribution in [2.45, 2.75) is 13.3 Å². The standard InChI is InChI=1S/C25H28BrN5O4/c1-4-23(32)30-21-13-19-20(27-16-28-25(19)29-18-9-6-8-17(26)12-18)14-22(21)35-11-7-10-31(3)15-24(33)34-5-2/h4,6,8-9,12-14,16H,1,5,7,10-11,15H2,2-3H3,(H,30,32)(H,27,28,29). The molecule has 0 aliphatic carbocycles. The number of halogens is 1. The van der Waals surface area contributed by atoms with Crippen molar-refractivity contribution in [3.63, 3.8) is 0 Å². The molecule has 0 radical (unpaired) electrons. The summed E-state index contributed by atoms with van der Waals surface area (Å²) in [6, 6.07) is 11.3. The highest BCUT2D eigenvalue weighted by molar-refractivity contribution is 9.10. The van der Waals surface area contributed by atoms with E-state index in [4.69, 9.17) is 9.47 Å². The van der Waals surface area contributed by atoms with Crippen LogP contribution in [0.15, 0.2) is 59.9 Å². The molecule has 0 spiro atoms. The van der Waals surface area contributed by atoms with Crippen LogP contribution in [0.4, 0.5) is 17.2 Å². The smallest absolute Gasteiger partial charge is 0.320 e. The van der Waals surface area contributed by atoms with Crippen LogP contribution < -0.4 is 15.4 Å². The summed E-state index contributed by atoms with van der Waals surface area (Å²) in [4.78, 5) is 34.3. The molecule has 2 aromatic carbocycles. The van der Waals surface area contributed by atoms with Crippen molar-refractivity contribution in [1.82, 2.24) is 14.9 Å². The van der Waals surface area contributed by atoms with Crippen LogP contribution in [0.1, 0.15) is 13.3 Å². The minimum atomic E-state index is -0.360. The Morgan fingerprint density at radius 2 is 2.06 bits per heavy atom. The summed E-state index contributed by atoms with van der Waals surface area (Å²) in [6.07, 6.45) is 3.33. The molecule has 3 aromatic rings. The molecule has 0 bridgehead atoms. The molecule has 0 saturated carbocycles. The van der Waals surface area contributed by atoms with Gasteiger partial charge in [0, 0.05) is 28.2 Å². The van der Waals surface area contributed by atoms with Gasteiger partial charge in [-0.25, -0.2) is 9.97 Å². The van der Waals surface area contributed by atoms with Crippen molar-refractivity contribution >= 4 is 55.9 Å². The lowest BCUT2D eigenvalue weighted by Crippen LogP contribution is -2.29. The number of anilines is 3. The summed E-state index contributed by atoms with van der Waals surface area (Å²) in [7, 11) is 1.85. The SMILES string of the molecule is C=CC(=O)Nc1cc2c(Nc3cccc(Br)c3)ncnc2cc1OCCCN(C)CC(=O)OCC. The van der Waals surface area contributed by atoms with Crippen LogP contribution in [0, 0.1) is 0 Å². The lowest BCUT2D eigenvalue weighted by atomic mass is 10.1. The van der Waals surface area contributed by atoms with E-state index in [2.05, 4.69) is 43.1 Å². The van der Waals surface area contributed by atoms with Gasteiger partial charge in [0.1, 0.15) is 17.9 Å². The average Bonchev–Trinajstić information content (AvgIpc) is 2.82. The molecule has 1 heterocycles. The van der Waals surface area contributed by atoms with Gasteiger partial charge in [-0.3, -0.25) is 14.5 Å². The minimum absolute atomic E-state index is 0.217. The number of aromatic nitrogens is 2. The van der Waals surface area contributed by atoms with Gasteiger partial charge in [0.2, 0.25) is 5.91 Å². The number of nitrogens with zero attached hydrogens (tertiary/aromatic N) is 3. The van der Waals surface area contributed by atoms with Crippen molar-refractivity contribution in [2.24, 2.45) is 0 Å². The number of esters is 1. The highest BCUT2D eigenvalue weighted by Gasteiger charge is 2.14. The lowest BCUT2D eigenvalue weighted by molar-refractivity contribution is -0.144. The number of amides is 1. The highest BCUT2D eigenvalue weighted by atomic mass is 79.9. The van der Waals surface area contributed by atoms with E-state index in [1.807, 2.05) is 36.2 Å². The number of carbonyl (C=O) groups excluding carboxylic acids is 2. The second-order valence-corrected chi connectivity index (χ2v) is 8.58. The number of fused-ring (bicyclic) bond motifs is 1. The maximum Gasteiger partial charge on any atom is 0.320 e. The van der Waals surface area contributed by atoms with Crippen LogP contribution in [0.25, 0.3) is 10.9 Å². The van der Waals surface area contributed by atoms with E-state index in [1.165, 1.54) is 12.4 Å². The molecule has 1 aromatic heterocycles. The Labute approximate surface area is 212 Å². The van der Waals surface area contributed by atoms with Crippen LogP contribution in [-0.2, 0) is 14.3 Å². The number of rotatable bonds is 12. The number of ether oxygens (including phenoxy) is 2. The van der Waals surface area contributed by atoms with Gasteiger partial charge in [0.15, 0.2) is 0 Å². The normalized spacial score (nSPS) is 10.7. The average molecular weight is 542 g/mol. The number of likely N-dealkylation sites (N-methyl/N-ethyl adjacent to an activating group) is 1. The van der Waals surface area contributed by atoms with Gasteiger partial charge >= 0.3 is 5.97 Å². The first-order chi connectivity index (χ1) is 16.9. The van der Waals surface area contributed by atoms with Crippen molar-refractivity contribution in [3.8, 4) is 5.75 Å². The van der Waals surface area contributed by atoms with E-state index in [-0.39, 0.29) is 18.4 Å². The number of carbonyl (C=O) groups is 2. The van der Waals surface area contributed by atoms with Crippen LogP contribution in [0.5, 0.6) is 5.75 Å². The van der Waals surface area contributed by atoms with Gasteiger partial charge < -0.3 is 20.1 Å². The molecule has 1 amide bonds. The molecule has 0 aliphatic rings. The predicted octanol–water partition coefficient (Wildman–Crippen LogP) is 4.52. The van der Waals surface area contributed by atoms with Gasteiger partial charge in [0.25, 0.3) is 0 Å². The first-order valence-corrected chi connectivity index (χ1v) is 11.9. The van der Waals surface area contributed by atoms with Gasteiger partial charge in [-0.15, -0.1) is 0 Å². The molecule has 2 N–H and O–H groups in total. The third-order valence-electron chi connectivity index (χ3n) is 4.91. The van der Waals surface area contributed by atoms with Gasteiger partial charge in [-0.2, -0.15) is 0 Å². The fourth-order valence-electron chi connectivity index (χ4n) is 3.31. The van der Waals surface area contributed by atoms with Crippen molar-refractivity contribution in [2.75, 3.05) is 44.0 Å². The number of hydrogen-bond donors (Lipinski definition) is 2. The molecule has 0 aliphatic heterocycles. The molecule has 184 valence electrons. The fraction of sp³-hybridized carbons (Fsp3) is 0.280.